The third-order valence-electron chi connectivity index (χ3n) is 5.01. The highest BCUT2D eigenvalue weighted by Gasteiger charge is 2.32. The van der Waals surface area contributed by atoms with Crippen molar-refractivity contribution in [2.45, 2.75) is 39.0 Å². The van der Waals surface area contributed by atoms with E-state index in [-0.39, 0.29) is 6.10 Å². The van der Waals surface area contributed by atoms with Crippen LogP contribution in [-0.2, 0) is 11.3 Å². The van der Waals surface area contributed by atoms with Crippen LogP contribution in [-0.4, -0.2) is 27.9 Å². The van der Waals surface area contributed by atoms with Gasteiger partial charge in [0.15, 0.2) is 0 Å². The van der Waals surface area contributed by atoms with Gasteiger partial charge in [0.1, 0.15) is 6.10 Å². The molecule has 1 aliphatic heterocycles. The van der Waals surface area contributed by atoms with Crippen LogP contribution in [0.1, 0.15) is 43.0 Å². The summed E-state index contributed by atoms with van der Waals surface area (Å²) < 4.78 is 9.33. The Bertz CT molecular complexity index is 810. The number of pyridine rings is 1. The van der Waals surface area contributed by atoms with E-state index < -0.39 is 0 Å². The minimum atomic E-state index is 0.147. The average molecular weight is 356 g/mol. The van der Waals surface area contributed by atoms with Crippen LogP contribution in [0.3, 0.4) is 0 Å². The molecule has 0 radical (unpaired) electrons. The predicted octanol–water partition coefficient (Wildman–Crippen LogP) is 3.94. The molecule has 3 aromatic rings. The molecule has 132 valence electrons. The molecule has 25 heavy (non-hydrogen) atoms. The van der Waals surface area contributed by atoms with E-state index in [1.165, 1.54) is 20.7 Å². The zero-order valence-electron chi connectivity index (χ0n) is 14.7. The number of nitrogens with zero attached hydrogens (tertiary/aromatic N) is 3. The monoisotopic (exact) mass is 356 g/mol. The first-order chi connectivity index (χ1) is 12.3. The van der Waals surface area contributed by atoms with E-state index in [9.17, 15) is 0 Å². The Morgan fingerprint density at radius 3 is 3.16 bits per heavy atom. The molecule has 3 aromatic heterocycles. The molecule has 5 nitrogen and oxygen atoms in total. The number of thiophene rings is 1. The molecule has 0 spiro atoms. The fourth-order valence-corrected chi connectivity index (χ4v) is 4.62. The number of aryl methyl sites for hydroxylation is 1. The van der Waals surface area contributed by atoms with Gasteiger partial charge in [-0.1, -0.05) is 0 Å². The van der Waals surface area contributed by atoms with Crippen molar-refractivity contribution in [3.63, 3.8) is 0 Å². The Balaban J connectivity index is 1.43. The second kappa shape index (κ2) is 7.23. The van der Waals surface area contributed by atoms with Gasteiger partial charge in [-0.25, -0.2) is 0 Å². The molecule has 1 aliphatic rings. The van der Waals surface area contributed by atoms with E-state index in [2.05, 4.69) is 47.4 Å². The SMILES string of the molecule is CCn1nccc1[C@@H]1OCC[C@H]1CNC(C)c1cc2ccncc2s1. The lowest BCUT2D eigenvalue weighted by Gasteiger charge is -2.22. The first kappa shape index (κ1) is 16.7. The Morgan fingerprint density at radius 2 is 2.32 bits per heavy atom. The molecule has 1 fully saturated rings. The van der Waals surface area contributed by atoms with E-state index >= 15 is 0 Å². The highest BCUT2D eigenvalue weighted by Crippen LogP contribution is 2.35. The van der Waals surface area contributed by atoms with E-state index in [1.54, 1.807) is 0 Å². The number of aromatic nitrogens is 3. The summed E-state index contributed by atoms with van der Waals surface area (Å²) >= 11 is 1.82. The summed E-state index contributed by atoms with van der Waals surface area (Å²) in [6.45, 7) is 7.02. The van der Waals surface area contributed by atoms with Gasteiger partial charge in [0.2, 0.25) is 0 Å². The number of rotatable bonds is 6. The summed E-state index contributed by atoms with van der Waals surface area (Å²) in [7, 11) is 0. The molecule has 0 amide bonds. The van der Waals surface area contributed by atoms with Crippen LogP contribution in [0, 0.1) is 5.92 Å². The topological polar surface area (TPSA) is 52.0 Å². The molecule has 0 saturated carbocycles. The maximum Gasteiger partial charge on any atom is 0.103 e. The van der Waals surface area contributed by atoms with Gasteiger partial charge in [-0.3, -0.25) is 9.67 Å². The molecular formula is C19H24N4OS. The maximum absolute atomic E-state index is 6.03. The number of hydrogen-bond donors (Lipinski definition) is 1. The van der Waals surface area contributed by atoms with Gasteiger partial charge >= 0.3 is 0 Å². The zero-order chi connectivity index (χ0) is 17.2. The van der Waals surface area contributed by atoms with Gasteiger partial charge in [0.25, 0.3) is 0 Å². The fraction of sp³-hybridized carbons (Fsp3) is 0.474. The number of hydrogen-bond acceptors (Lipinski definition) is 5. The molecule has 0 bridgehead atoms. The third kappa shape index (κ3) is 3.34. The fourth-order valence-electron chi connectivity index (χ4n) is 3.57. The highest BCUT2D eigenvalue weighted by atomic mass is 32.1. The molecule has 1 N–H and O–H groups in total. The Kier molecular flexibility index (Phi) is 4.83. The summed E-state index contributed by atoms with van der Waals surface area (Å²) in [5, 5.41) is 9.38. The molecule has 3 atom stereocenters. The molecule has 0 aliphatic carbocycles. The van der Waals surface area contributed by atoms with Crippen LogP contribution >= 0.6 is 11.3 Å². The van der Waals surface area contributed by atoms with E-state index in [0.29, 0.717) is 12.0 Å². The molecule has 6 heteroatoms. The number of fused-ring (bicyclic) bond motifs is 1. The third-order valence-corrected chi connectivity index (χ3v) is 6.28. The Hall–Kier alpha value is -1.76. The second-order valence-corrected chi connectivity index (χ2v) is 7.72. The van der Waals surface area contributed by atoms with Crippen molar-refractivity contribution in [1.29, 1.82) is 0 Å². The van der Waals surface area contributed by atoms with Gasteiger partial charge in [0.05, 0.1) is 10.4 Å². The summed E-state index contributed by atoms with van der Waals surface area (Å²) in [6.07, 6.45) is 6.92. The van der Waals surface area contributed by atoms with Crippen molar-refractivity contribution >= 4 is 21.4 Å². The van der Waals surface area contributed by atoms with Gasteiger partial charge in [-0.15, -0.1) is 11.3 Å². The van der Waals surface area contributed by atoms with Crippen LogP contribution in [0.25, 0.3) is 10.1 Å². The van der Waals surface area contributed by atoms with Crippen LogP contribution in [0.4, 0.5) is 0 Å². The first-order valence-corrected chi connectivity index (χ1v) is 9.78. The number of ether oxygens (including phenoxy) is 1. The first-order valence-electron chi connectivity index (χ1n) is 8.96. The second-order valence-electron chi connectivity index (χ2n) is 6.60. The summed E-state index contributed by atoms with van der Waals surface area (Å²) in [5.41, 5.74) is 1.20. The van der Waals surface area contributed by atoms with Gasteiger partial charge in [-0.2, -0.15) is 5.10 Å². The normalized spacial score (nSPS) is 21.8. The molecular weight excluding hydrogens is 332 g/mol. The van der Waals surface area contributed by atoms with Gasteiger partial charge in [-0.05, 0) is 43.9 Å². The molecule has 0 aromatic carbocycles. The van der Waals surface area contributed by atoms with Crippen LogP contribution in [0.15, 0.2) is 36.8 Å². The smallest absolute Gasteiger partial charge is 0.103 e. The summed E-state index contributed by atoms with van der Waals surface area (Å²) in [5.74, 6) is 0.487. The van der Waals surface area contributed by atoms with Crippen molar-refractivity contribution < 1.29 is 4.74 Å². The van der Waals surface area contributed by atoms with E-state index in [0.717, 1.165) is 26.1 Å². The molecule has 4 rings (SSSR count). The number of nitrogens with one attached hydrogen (secondary N) is 1. The maximum atomic E-state index is 6.03. The molecule has 1 saturated heterocycles. The minimum Gasteiger partial charge on any atom is -0.372 e. The summed E-state index contributed by atoms with van der Waals surface area (Å²) in [6, 6.07) is 6.77. The van der Waals surface area contributed by atoms with Crippen LogP contribution in [0.2, 0.25) is 0 Å². The average Bonchev–Trinajstić information content (AvgIpc) is 3.36. The van der Waals surface area contributed by atoms with Crippen molar-refractivity contribution in [3.05, 3.63) is 47.4 Å². The lowest BCUT2D eigenvalue weighted by atomic mass is 9.98. The van der Waals surface area contributed by atoms with Crippen molar-refractivity contribution in [1.82, 2.24) is 20.1 Å². The van der Waals surface area contributed by atoms with Gasteiger partial charge in [0, 0.05) is 55.1 Å². The Morgan fingerprint density at radius 1 is 1.40 bits per heavy atom. The van der Waals surface area contributed by atoms with Gasteiger partial charge < -0.3 is 10.1 Å². The lowest BCUT2D eigenvalue weighted by molar-refractivity contribution is 0.0825. The zero-order valence-corrected chi connectivity index (χ0v) is 15.5. The Labute approximate surface area is 152 Å². The standard InChI is InChI=1S/C19H24N4OS/c1-3-23-16(5-8-22-23)19-15(6-9-24-19)11-21-13(2)17-10-14-4-7-20-12-18(14)25-17/h4-5,7-8,10,12-13,15,19,21H,3,6,9,11H2,1-2H3/t13?,15-,19+/m0/s1. The van der Waals surface area contributed by atoms with Crippen molar-refractivity contribution in [3.8, 4) is 0 Å². The van der Waals surface area contributed by atoms with E-state index in [4.69, 9.17) is 4.74 Å². The van der Waals surface area contributed by atoms with E-state index in [1.807, 2.05) is 34.6 Å². The molecule has 1 unspecified atom stereocenters. The van der Waals surface area contributed by atoms with Crippen molar-refractivity contribution in [2.24, 2.45) is 5.92 Å². The van der Waals surface area contributed by atoms with Crippen molar-refractivity contribution in [2.75, 3.05) is 13.2 Å². The quantitative estimate of drug-likeness (QED) is 0.727. The molecule has 4 heterocycles. The predicted molar refractivity (Wildman–Crippen MR) is 101 cm³/mol. The largest absolute Gasteiger partial charge is 0.372 e. The minimum absolute atomic E-state index is 0.147. The highest BCUT2D eigenvalue weighted by molar-refractivity contribution is 7.19. The lowest BCUT2D eigenvalue weighted by Crippen LogP contribution is -2.27. The summed E-state index contributed by atoms with van der Waals surface area (Å²) in [4.78, 5) is 5.57. The van der Waals surface area contributed by atoms with Crippen LogP contribution < -0.4 is 5.32 Å². The van der Waals surface area contributed by atoms with Crippen LogP contribution in [0.5, 0.6) is 0 Å².